The van der Waals surface area contributed by atoms with Crippen molar-refractivity contribution in [3.05, 3.63) is 0 Å². The lowest BCUT2D eigenvalue weighted by Gasteiger charge is -1.74. The molecule has 0 fully saturated rings. The fraction of sp³-hybridized carbons (Fsp3) is 1.00. The minimum atomic E-state index is -1.16. The lowest BCUT2D eigenvalue weighted by Crippen LogP contribution is -1.76. The van der Waals surface area contributed by atoms with E-state index in [1.807, 2.05) is 0 Å². The Morgan fingerprint density at radius 2 is 2.20 bits per heavy atom. The Labute approximate surface area is 41.6 Å². The minimum Gasteiger partial charge on any atom is -0.229 e. The second-order valence-corrected chi connectivity index (χ2v) is 2.19. The molecule has 0 aromatic rings. The van der Waals surface area contributed by atoms with Gasteiger partial charge in [0.1, 0.15) is 16.3 Å². The molecule has 4 heteroatoms. The zero-order chi connectivity index (χ0) is 4.28. The van der Waals surface area contributed by atoms with Crippen molar-refractivity contribution in [1.82, 2.24) is 0 Å². The Balaban J connectivity index is 2.85. The number of hydrogen-bond acceptors (Lipinski definition) is 2. The third-order valence-electron chi connectivity index (χ3n) is 0.0887. The van der Waals surface area contributed by atoms with Gasteiger partial charge in [0.2, 0.25) is 0 Å². The van der Waals surface area contributed by atoms with E-state index in [4.69, 9.17) is 0 Å². The highest BCUT2D eigenvalue weighted by atomic mass is 79.9. The quantitative estimate of drug-likeness (QED) is 0.560. The Kier molecular flexibility index (Phi) is 3.14. The summed E-state index contributed by atoms with van der Waals surface area (Å²) in [7, 11) is 0. The van der Waals surface area contributed by atoms with Crippen molar-refractivity contribution < 1.29 is 7.48 Å². The van der Waals surface area contributed by atoms with Crippen molar-refractivity contribution in [2.24, 2.45) is 0 Å². The van der Waals surface area contributed by atoms with Crippen LogP contribution in [0.1, 0.15) is 0 Å². The maximum absolute atomic E-state index is 9.65. The summed E-state index contributed by atoms with van der Waals surface area (Å²) in [5, 5.41) is 0. The zero-order valence-corrected chi connectivity index (χ0v) is 5.01. The van der Waals surface area contributed by atoms with Crippen LogP contribution in [0.3, 0.4) is 0 Å². The highest BCUT2D eigenvalue weighted by molar-refractivity contribution is 9.06. The molecule has 0 saturated heterocycles. The molecule has 2 nitrogen and oxygen atoms in total. The molecule has 0 aromatic carbocycles. The smallest absolute Gasteiger partial charge is 0.163 e. The Hall–Kier alpha value is 0.590. The minimum absolute atomic E-state index is 1.16. The molecule has 0 N–H and O–H groups in total. The van der Waals surface area contributed by atoms with Crippen LogP contribution in [0.5, 0.6) is 0 Å². The number of rotatable bonds is 1. The molecule has 1 atom stereocenters. The molecular formula is CH3BrO2S. The molecule has 5 heavy (non-hydrogen) atoms. The second kappa shape index (κ2) is 2.81. The summed E-state index contributed by atoms with van der Waals surface area (Å²) in [4.78, 5) is 0. The van der Waals surface area contributed by atoms with Crippen LogP contribution in [0.4, 0.5) is 0 Å². The van der Waals surface area contributed by atoms with Crippen molar-refractivity contribution in [1.29, 1.82) is 0 Å². The van der Waals surface area contributed by atoms with E-state index in [9.17, 15) is 4.21 Å². The van der Waals surface area contributed by atoms with E-state index in [2.05, 4.69) is 19.5 Å². The molecule has 1 unspecified atom stereocenters. The highest BCUT2D eigenvalue weighted by Gasteiger charge is 1.75. The summed E-state index contributed by atoms with van der Waals surface area (Å²) in [6.07, 6.45) is 1.43. The molecule has 0 aliphatic carbocycles. The average Bonchev–Trinajstić information content (AvgIpc) is 1.38. The lowest BCUT2D eigenvalue weighted by atomic mass is 12.0. The van der Waals surface area contributed by atoms with E-state index in [1.54, 1.807) is 0 Å². The monoisotopic (exact) mass is 158 g/mol. The summed E-state index contributed by atoms with van der Waals surface area (Å²) in [5.74, 6) is 0. The van der Waals surface area contributed by atoms with E-state index >= 15 is 0 Å². The maximum atomic E-state index is 9.65. The molecule has 0 amide bonds. The molecule has 0 aliphatic rings. The van der Waals surface area contributed by atoms with Gasteiger partial charge in [-0.25, -0.2) is 7.48 Å². The van der Waals surface area contributed by atoms with Gasteiger partial charge in [0, 0.05) is 6.26 Å². The van der Waals surface area contributed by atoms with Gasteiger partial charge >= 0.3 is 0 Å². The molecule has 32 valence electrons. The van der Waals surface area contributed by atoms with Crippen LogP contribution >= 0.6 is 16.3 Å². The van der Waals surface area contributed by atoms with Crippen LogP contribution in [-0.4, -0.2) is 10.5 Å². The first-order chi connectivity index (χ1) is 2.27. The fourth-order valence-corrected chi connectivity index (χ4v) is 0. The summed E-state index contributed by atoms with van der Waals surface area (Å²) < 4.78 is 13.7. The second-order valence-electron chi connectivity index (χ2n) is 0.464. The van der Waals surface area contributed by atoms with Gasteiger partial charge in [0.25, 0.3) is 0 Å². The number of hydrogen-bond donors (Lipinski definition) is 0. The van der Waals surface area contributed by atoms with Crippen LogP contribution < -0.4 is 0 Å². The Morgan fingerprint density at radius 3 is 2.20 bits per heavy atom. The van der Waals surface area contributed by atoms with Gasteiger partial charge < -0.3 is 0 Å². The molecule has 0 aliphatic heterocycles. The molecule has 0 bridgehead atoms. The lowest BCUT2D eigenvalue weighted by molar-refractivity contribution is 0.627. The first kappa shape index (κ1) is 5.59. The standard InChI is InChI=1S/CH3BrO2S/c1-5(3)4-2/h1H3. The molecule has 0 heterocycles. The van der Waals surface area contributed by atoms with Crippen LogP contribution in [0, 0.1) is 0 Å². The normalized spacial score (nSPS) is 14.8. The third-order valence-corrected chi connectivity index (χ3v) is 1.38. The van der Waals surface area contributed by atoms with Gasteiger partial charge in [0.15, 0.2) is 11.1 Å². The summed E-state index contributed by atoms with van der Waals surface area (Å²) in [6, 6.07) is 0. The van der Waals surface area contributed by atoms with E-state index in [0.29, 0.717) is 0 Å². The maximum Gasteiger partial charge on any atom is 0.163 e. The van der Waals surface area contributed by atoms with Gasteiger partial charge in [-0.05, 0) is 0 Å². The predicted octanol–water partition coefficient (Wildman–Crippen LogP) is 0.606. The molecule has 0 aromatic heterocycles. The number of halogens is 1. The Morgan fingerprint density at radius 1 is 2.00 bits per heavy atom. The van der Waals surface area contributed by atoms with Crippen molar-refractivity contribution in [3.8, 4) is 0 Å². The summed E-state index contributed by atoms with van der Waals surface area (Å²) >= 11 is 1.36. The van der Waals surface area contributed by atoms with E-state index in [1.165, 1.54) is 6.26 Å². The fourth-order valence-electron chi connectivity index (χ4n) is 0. The third kappa shape index (κ3) is 4.59. The zero-order valence-electron chi connectivity index (χ0n) is 2.60. The van der Waals surface area contributed by atoms with Crippen LogP contribution in [-0.2, 0) is 14.4 Å². The van der Waals surface area contributed by atoms with Crippen molar-refractivity contribution in [3.63, 3.8) is 0 Å². The van der Waals surface area contributed by atoms with Gasteiger partial charge in [-0.3, -0.25) is 0 Å². The van der Waals surface area contributed by atoms with Gasteiger partial charge in [-0.2, -0.15) is 0 Å². The van der Waals surface area contributed by atoms with Crippen molar-refractivity contribution in [2.45, 2.75) is 0 Å². The van der Waals surface area contributed by atoms with Crippen molar-refractivity contribution in [2.75, 3.05) is 6.26 Å². The van der Waals surface area contributed by atoms with Crippen molar-refractivity contribution >= 4 is 27.3 Å². The molecular weight excluding hydrogens is 156 g/mol. The molecule has 0 spiro atoms. The molecule has 0 radical (unpaired) electrons. The van der Waals surface area contributed by atoms with Crippen LogP contribution in [0.25, 0.3) is 0 Å². The van der Waals surface area contributed by atoms with Gasteiger partial charge in [-0.1, -0.05) is 0 Å². The van der Waals surface area contributed by atoms with Gasteiger partial charge in [0.05, 0.1) is 0 Å². The largest absolute Gasteiger partial charge is 0.229 e. The average molecular weight is 159 g/mol. The van der Waals surface area contributed by atoms with Gasteiger partial charge in [-0.15, -0.1) is 0 Å². The summed E-state index contributed by atoms with van der Waals surface area (Å²) in [5.41, 5.74) is 0. The predicted molar refractivity (Wildman–Crippen MR) is 24.1 cm³/mol. The molecule has 0 rings (SSSR count). The van der Waals surface area contributed by atoms with E-state index in [-0.39, 0.29) is 0 Å². The highest BCUT2D eigenvalue weighted by Crippen LogP contribution is 1.84. The topological polar surface area (TPSA) is 26.3 Å². The summed E-state index contributed by atoms with van der Waals surface area (Å²) in [6.45, 7) is 0. The van der Waals surface area contributed by atoms with E-state index in [0.717, 1.165) is 0 Å². The van der Waals surface area contributed by atoms with Crippen LogP contribution in [0.2, 0.25) is 0 Å². The molecule has 0 saturated carbocycles. The van der Waals surface area contributed by atoms with E-state index < -0.39 is 11.1 Å². The van der Waals surface area contributed by atoms with Crippen LogP contribution in [0.15, 0.2) is 0 Å². The first-order valence-electron chi connectivity index (χ1n) is 0.896. The Bertz CT molecular complexity index is 44.9. The first-order valence-corrected chi connectivity index (χ1v) is 3.03. The SMILES string of the molecule is CS(=O)OBr.